The van der Waals surface area contributed by atoms with E-state index in [1.807, 2.05) is 0 Å². The minimum atomic E-state index is -1.09. The maximum atomic E-state index is 11.3. The van der Waals surface area contributed by atoms with Gasteiger partial charge in [-0.3, -0.25) is 14.5 Å². The van der Waals surface area contributed by atoms with Gasteiger partial charge in [0.15, 0.2) is 0 Å². The molecule has 72 valence electrons. The number of nitrogens with zero attached hydrogens (tertiary/aromatic N) is 2. The number of hydrogen-bond donors (Lipinski definition) is 1. The Bertz CT molecular complexity index is 276. The number of hydrogen-bond acceptors (Lipinski definition) is 3. The van der Waals surface area contributed by atoms with Crippen LogP contribution in [0.3, 0.4) is 0 Å². The van der Waals surface area contributed by atoms with Crippen LogP contribution in [0, 0.1) is 0 Å². The number of rotatable bonds is 2. The van der Waals surface area contributed by atoms with E-state index in [1.165, 1.54) is 14.1 Å². The zero-order valence-electron chi connectivity index (χ0n) is 7.35. The number of carbonyl (C=O) groups excluding carboxylic acids is 2. The molecule has 1 aliphatic heterocycles. The Kier molecular flexibility index (Phi) is 2.22. The first kappa shape index (κ1) is 9.50. The van der Waals surface area contributed by atoms with Crippen LogP contribution in [0.25, 0.3) is 0 Å². The number of aliphatic carboxylic acids is 1. The van der Waals surface area contributed by atoms with Gasteiger partial charge >= 0.3 is 12.0 Å². The summed E-state index contributed by atoms with van der Waals surface area (Å²) in [6.07, 6.45) is -0.342. The van der Waals surface area contributed by atoms with E-state index >= 15 is 0 Å². The van der Waals surface area contributed by atoms with Crippen LogP contribution in [0.5, 0.6) is 0 Å². The Morgan fingerprint density at radius 3 is 2.31 bits per heavy atom. The minimum absolute atomic E-state index is 0.342. The molecule has 0 aromatic carbocycles. The van der Waals surface area contributed by atoms with Crippen LogP contribution in [-0.4, -0.2) is 53.0 Å². The van der Waals surface area contributed by atoms with Crippen LogP contribution in [0.1, 0.15) is 6.42 Å². The molecule has 1 fully saturated rings. The van der Waals surface area contributed by atoms with Gasteiger partial charge in [0, 0.05) is 14.1 Å². The van der Waals surface area contributed by atoms with E-state index < -0.39 is 23.9 Å². The van der Waals surface area contributed by atoms with Crippen molar-refractivity contribution < 1.29 is 19.5 Å². The summed E-state index contributed by atoms with van der Waals surface area (Å²) in [5, 5.41) is 8.47. The lowest BCUT2D eigenvalue weighted by atomic mass is 10.2. The first-order valence-electron chi connectivity index (χ1n) is 3.71. The van der Waals surface area contributed by atoms with Crippen molar-refractivity contribution in [2.45, 2.75) is 12.5 Å². The molecule has 3 amide bonds. The summed E-state index contributed by atoms with van der Waals surface area (Å²) < 4.78 is 0. The number of carboxylic acids is 1. The predicted molar refractivity (Wildman–Crippen MR) is 42.0 cm³/mol. The van der Waals surface area contributed by atoms with Crippen molar-refractivity contribution in [3.63, 3.8) is 0 Å². The van der Waals surface area contributed by atoms with Gasteiger partial charge < -0.3 is 10.0 Å². The molecular weight excluding hydrogens is 176 g/mol. The summed E-state index contributed by atoms with van der Waals surface area (Å²) in [6.45, 7) is 0. The van der Waals surface area contributed by atoms with E-state index in [0.717, 1.165) is 9.80 Å². The SMILES string of the molecule is CN1C(=O)[C@H](CC(=O)O)N(C)C1=O. The Morgan fingerprint density at radius 1 is 1.46 bits per heavy atom. The highest BCUT2D eigenvalue weighted by Gasteiger charge is 2.41. The van der Waals surface area contributed by atoms with Crippen LogP contribution in [0.2, 0.25) is 0 Å². The second kappa shape index (κ2) is 3.04. The molecule has 0 unspecified atom stereocenters. The lowest BCUT2D eigenvalue weighted by molar-refractivity contribution is -0.141. The first-order valence-corrected chi connectivity index (χ1v) is 3.71. The molecule has 0 aliphatic carbocycles. The highest BCUT2D eigenvalue weighted by Crippen LogP contribution is 2.16. The summed E-state index contributed by atoms with van der Waals surface area (Å²) in [7, 11) is 2.75. The Labute approximate surface area is 74.7 Å². The van der Waals surface area contributed by atoms with Gasteiger partial charge in [-0.1, -0.05) is 0 Å². The van der Waals surface area contributed by atoms with E-state index in [-0.39, 0.29) is 6.42 Å². The van der Waals surface area contributed by atoms with Gasteiger partial charge in [0.25, 0.3) is 5.91 Å². The predicted octanol–water partition coefficient (Wildman–Crippen LogP) is -0.646. The third kappa shape index (κ3) is 1.47. The lowest BCUT2D eigenvalue weighted by Crippen LogP contribution is -2.33. The van der Waals surface area contributed by atoms with Gasteiger partial charge in [-0.15, -0.1) is 0 Å². The average Bonchev–Trinajstić information content (AvgIpc) is 2.22. The molecule has 0 aromatic rings. The van der Waals surface area contributed by atoms with Crippen molar-refractivity contribution in [2.24, 2.45) is 0 Å². The Morgan fingerprint density at radius 2 is 2.00 bits per heavy atom. The summed E-state index contributed by atoms with van der Waals surface area (Å²) in [5.41, 5.74) is 0. The molecule has 1 heterocycles. The molecule has 6 heteroatoms. The average molecular weight is 186 g/mol. The molecular formula is C7H10N2O4. The number of amides is 3. The molecule has 1 saturated heterocycles. The molecule has 0 saturated carbocycles. The summed E-state index contributed by atoms with van der Waals surface area (Å²) in [6, 6.07) is -1.31. The fourth-order valence-corrected chi connectivity index (χ4v) is 1.24. The fourth-order valence-electron chi connectivity index (χ4n) is 1.24. The number of carboxylic acid groups (broad SMARTS) is 1. The normalized spacial score (nSPS) is 22.8. The van der Waals surface area contributed by atoms with Crippen molar-refractivity contribution in [1.82, 2.24) is 9.80 Å². The number of urea groups is 1. The molecule has 0 spiro atoms. The summed E-state index contributed by atoms with van der Waals surface area (Å²) >= 11 is 0. The molecule has 1 atom stereocenters. The monoisotopic (exact) mass is 186 g/mol. The molecule has 0 aromatic heterocycles. The van der Waals surface area contributed by atoms with Crippen molar-refractivity contribution >= 4 is 17.9 Å². The van der Waals surface area contributed by atoms with E-state index in [4.69, 9.17) is 5.11 Å². The summed E-state index contributed by atoms with van der Waals surface area (Å²) in [4.78, 5) is 34.8. The van der Waals surface area contributed by atoms with Crippen LogP contribution in [-0.2, 0) is 9.59 Å². The highest BCUT2D eigenvalue weighted by atomic mass is 16.4. The maximum Gasteiger partial charge on any atom is 0.326 e. The van der Waals surface area contributed by atoms with Crippen LogP contribution >= 0.6 is 0 Å². The van der Waals surface area contributed by atoms with E-state index in [1.54, 1.807) is 0 Å². The molecule has 6 nitrogen and oxygen atoms in total. The van der Waals surface area contributed by atoms with Crippen molar-refractivity contribution in [1.29, 1.82) is 0 Å². The fraction of sp³-hybridized carbons (Fsp3) is 0.571. The zero-order valence-corrected chi connectivity index (χ0v) is 7.35. The van der Waals surface area contributed by atoms with Gasteiger partial charge in [0.05, 0.1) is 6.42 Å². The Balaban J connectivity index is 2.81. The van der Waals surface area contributed by atoms with Crippen LogP contribution in [0.15, 0.2) is 0 Å². The summed E-state index contributed by atoms with van der Waals surface area (Å²) in [5.74, 6) is -1.55. The van der Waals surface area contributed by atoms with Gasteiger partial charge in [0.2, 0.25) is 0 Å². The second-order valence-electron chi connectivity index (χ2n) is 2.90. The molecule has 0 bridgehead atoms. The molecule has 1 aliphatic rings. The third-order valence-electron chi connectivity index (χ3n) is 2.04. The topological polar surface area (TPSA) is 77.9 Å². The molecule has 1 N–H and O–H groups in total. The van der Waals surface area contributed by atoms with Gasteiger partial charge in [-0.25, -0.2) is 4.79 Å². The maximum absolute atomic E-state index is 11.3. The van der Waals surface area contributed by atoms with Crippen LogP contribution in [0.4, 0.5) is 4.79 Å². The number of carbonyl (C=O) groups is 3. The highest BCUT2D eigenvalue weighted by molar-refractivity contribution is 6.04. The molecule has 1 rings (SSSR count). The first-order chi connectivity index (χ1) is 5.95. The molecule has 0 radical (unpaired) electrons. The third-order valence-corrected chi connectivity index (χ3v) is 2.04. The van der Waals surface area contributed by atoms with Crippen molar-refractivity contribution in [3.8, 4) is 0 Å². The lowest BCUT2D eigenvalue weighted by Gasteiger charge is -2.13. The quantitative estimate of drug-likeness (QED) is 0.581. The molecule has 13 heavy (non-hydrogen) atoms. The van der Waals surface area contributed by atoms with Gasteiger partial charge in [-0.05, 0) is 0 Å². The Hall–Kier alpha value is -1.59. The van der Waals surface area contributed by atoms with E-state index in [0.29, 0.717) is 0 Å². The number of likely N-dealkylation sites (N-methyl/N-ethyl adjacent to an activating group) is 2. The largest absolute Gasteiger partial charge is 0.481 e. The van der Waals surface area contributed by atoms with E-state index in [9.17, 15) is 14.4 Å². The van der Waals surface area contributed by atoms with Crippen LogP contribution < -0.4 is 0 Å². The van der Waals surface area contributed by atoms with Crippen molar-refractivity contribution in [3.05, 3.63) is 0 Å². The van der Waals surface area contributed by atoms with E-state index in [2.05, 4.69) is 0 Å². The number of imide groups is 1. The zero-order chi connectivity index (χ0) is 10.2. The van der Waals surface area contributed by atoms with Gasteiger partial charge in [0.1, 0.15) is 6.04 Å². The minimum Gasteiger partial charge on any atom is -0.481 e. The van der Waals surface area contributed by atoms with Crippen molar-refractivity contribution in [2.75, 3.05) is 14.1 Å². The van der Waals surface area contributed by atoms with Gasteiger partial charge in [-0.2, -0.15) is 0 Å². The second-order valence-corrected chi connectivity index (χ2v) is 2.90. The standard InChI is InChI=1S/C7H10N2O4/c1-8-4(3-5(10)11)6(12)9(2)7(8)13/h4H,3H2,1-2H3,(H,10,11)/t4-/m0/s1. The smallest absolute Gasteiger partial charge is 0.326 e.